The number of hydrogen-bond acceptors (Lipinski definition) is 8. The van der Waals surface area contributed by atoms with Gasteiger partial charge in [0, 0.05) is 63.6 Å². The van der Waals surface area contributed by atoms with E-state index < -0.39 is 5.54 Å². The molecule has 0 aromatic carbocycles. The molecule has 0 radical (unpaired) electrons. The largest absolute Gasteiger partial charge is 0.299 e. The quantitative estimate of drug-likeness (QED) is 0.493. The van der Waals surface area contributed by atoms with Gasteiger partial charge in [0.25, 0.3) is 0 Å². The van der Waals surface area contributed by atoms with Crippen molar-refractivity contribution in [2.75, 3.05) is 20.1 Å². The van der Waals surface area contributed by atoms with E-state index in [9.17, 15) is 10.5 Å². The molecule has 1 aliphatic rings. The third kappa shape index (κ3) is 2.86. The van der Waals surface area contributed by atoms with Crippen LogP contribution in [-0.2, 0) is 12.6 Å². The van der Waals surface area contributed by atoms with E-state index in [1.807, 2.05) is 40.8 Å². The van der Waals surface area contributed by atoms with E-state index in [0.717, 1.165) is 27.6 Å². The van der Waals surface area contributed by atoms with Crippen LogP contribution in [0.4, 0.5) is 0 Å². The van der Waals surface area contributed by atoms with Gasteiger partial charge in [0.2, 0.25) is 0 Å². The van der Waals surface area contributed by atoms with Crippen molar-refractivity contribution in [1.29, 1.82) is 5.26 Å². The zero-order valence-corrected chi connectivity index (χ0v) is 16.6. The molecule has 0 unspecified atom stereocenters. The van der Waals surface area contributed by atoms with Crippen LogP contribution in [0.25, 0.3) is 28.3 Å². The van der Waals surface area contributed by atoms with Gasteiger partial charge in [-0.05, 0) is 0 Å². The fourth-order valence-electron chi connectivity index (χ4n) is 3.85. The van der Waals surface area contributed by atoms with Crippen LogP contribution in [0, 0.1) is 11.3 Å². The normalized spacial score (nSPS) is 16.1. The SMILES string of the molecule is CN(O)N1CC(CC#N)(n2cc(-c3nc(-c4cnn(C)c4)cc4nccn34)cn2)C1. The van der Waals surface area contributed by atoms with Crippen molar-refractivity contribution < 1.29 is 5.21 Å². The summed E-state index contributed by atoms with van der Waals surface area (Å²) in [6.45, 7) is 0.997. The molecule has 4 aromatic rings. The minimum absolute atomic E-state index is 0.294. The zero-order chi connectivity index (χ0) is 20.9. The molecule has 1 saturated heterocycles. The summed E-state index contributed by atoms with van der Waals surface area (Å²) < 4.78 is 5.45. The maximum Gasteiger partial charge on any atom is 0.149 e. The molecule has 30 heavy (non-hydrogen) atoms. The second-order valence-corrected chi connectivity index (χ2v) is 7.57. The highest BCUT2D eigenvalue weighted by Crippen LogP contribution is 2.34. The first-order valence-electron chi connectivity index (χ1n) is 9.42. The van der Waals surface area contributed by atoms with Gasteiger partial charge in [-0.1, -0.05) is 0 Å². The molecule has 0 bridgehead atoms. The van der Waals surface area contributed by atoms with Gasteiger partial charge < -0.3 is 0 Å². The summed E-state index contributed by atoms with van der Waals surface area (Å²) >= 11 is 0. The van der Waals surface area contributed by atoms with Crippen LogP contribution in [0.1, 0.15) is 6.42 Å². The minimum atomic E-state index is -0.487. The summed E-state index contributed by atoms with van der Waals surface area (Å²) in [5, 5.41) is 30.6. The smallest absolute Gasteiger partial charge is 0.149 e. The molecule has 4 aromatic heterocycles. The molecule has 1 aliphatic heterocycles. The summed E-state index contributed by atoms with van der Waals surface area (Å²) in [5.41, 5.74) is 2.78. The van der Waals surface area contributed by atoms with Crippen molar-refractivity contribution in [1.82, 2.24) is 44.1 Å². The molecule has 11 nitrogen and oxygen atoms in total. The van der Waals surface area contributed by atoms with Crippen LogP contribution in [-0.4, -0.2) is 69.5 Å². The van der Waals surface area contributed by atoms with E-state index in [2.05, 4.69) is 21.3 Å². The Morgan fingerprint density at radius 2 is 2.03 bits per heavy atom. The molecule has 0 aliphatic carbocycles. The van der Waals surface area contributed by atoms with Crippen LogP contribution in [0.3, 0.4) is 0 Å². The molecule has 152 valence electrons. The number of aryl methyl sites for hydroxylation is 1. The Hall–Kier alpha value is -3.59. The summed E-state index contributed by atoms with van der Waals surface area (Å²) in [6, 6.07) is 4.17. The van der Waals surface area contributed by atoms with Crippen LogP contribution in [0.15, 0.2) is 43.2 Å². The summed E-state index contributed by atoms with van der Waals surface area (Å²) in [5.74, 6) is 0.706. The van der Waals surface area contributed by atoms with E-state index >= 15 is 0 Å². The van der Waals surface area contributed by atoms with Gasteiger partial charge >= 0.3 is 0 Å². The van der Waals surface area contributed by atoms with Gasteiger partial charge in [-0.25, -0.2) is 15.0 Å². The number of imidazole rings is 1. The van der Waals surface area contributed by atoms with E-state index in [4.69, 9.17) is 4.98 Å². The molecule has 0 saturated carbocycles. The number of nitrogens with zero attached hydrogens (tertiary/aromatic N) is 10. The lowest BCUT2D eigenvalue weighted by Crippen LogP contribution is -2.66. The van der Waals surface area contributed by atoms with Crippen molar-refractivity contribution in [3.05, 3.63) is 43.2 Å². The Morgan fingerprint density at radius 1 is 1.23 bits per heavy atom. The van der Waals surface area contributed by atoms with E-state index in [-0.39, 0.29) is 0 Å². The van der Waals surface area contributed by atoms with Crippen LogP contribution < -0.4 is 0 Å². The fourth-order valence-corrected chi connectivity index (χ4v) is 3.85. The molecule has 1 N–H and O–H groups in total. The van der Waals surface area contributed by atoms with Gasteiger partial charge in [0.1, 0.15) is 17.0 Å². The lowest BCUT2D eigenvalue weighted by molar-refractivity contribution is -0.280. The number of nitriles is 1. The van der Waals surface area contributed by atoms with Crippen molar-refractivity contribution in [2.45, 2.75) is 12.0 Å². The number of hydrazine groups is 1. The molecular weight excluding hydrogens is 384 g/mol. The first-order chi connectivity index (χ1) is 14.5. The number of hydroxylamine groups is 1. The molecule has 11 heteroatoms. The number of rotatable bonds is 5. The summed E-state index contributed by atoms with van der Waals surface area (Å²) in [6.07, 6.45) is 11.2. The molecule has 0 spiro atoms. The summed E-state index contributed by atoms with van der Waals surface area (Å²) in [4.78, 5) is 9.27. The predicted octanol–water partition coefficient (Wildman–Crippen LogP) is 1.15. The average molecular weight is 404 g/mol. The highest BCUT2D eigenvalue weighted by Gasteiger charge is 2.47. The third-order valence-electron chi connectivity index (χ3n) is 5.49. The minimum Gasteiger partial charge on any atom is -0.299 e. The first-order valence-corrected chi connectivity index (χ1v) is 9.42. The van der Waals surface area contributed by atoms with Crippen LogP contribution in [0.2, 0.25) is 0 Å². The zero-order valence-electron chi connectivity index (χ0n) is 16.6. The van der Waals surface area contributed by atoms with Gasteiger partial charge in [0.05, 0.1) is 36.1 Å². The Kier molecular flexibility index (Phi) is 4.14. The van der Waals surface area contributed by atoms with Crippen molar-refractivity contribution in [2.24, 2.45) is 7.05 Å². The fraction of sp³-hybridized carbons (Fsp3) is 0.316. The van der Waals surface area contributed by atoms with E-state index in [0.29, 0.717) is 25.3 Å². The van der Waals surface area contributed by atoms with E-state index in [1.165, 1.54) is 0 Å². The topological polar surface area (TPSA) is 116 Å². The second-order valence-electron chi connectivity index (χ2n) is 7.57. The molecule has 0 atom stereocenters. The lowest BCUT2D eigenvalue weighted by atomic mass is 9.88. The monoisotopic (exact) mass is 404 g/mol. The second kappa shape index (κ2) is 6.74. The Labute approximate surface area is 171 Å². The standard InChI is InChI=1S/C19H20N10O/c1-25-10-14(8-22-25)16-7-17-21-5-6-28(17)18(24-16)15-9-23-29(11-15)19(3-4-20)12-27(13-19)26(2)30/h5-11,30H,3,12-13H2,1-2H3. The Bertz CT molecular complexity index is 1250. The highest BCUT2D eigenvalue weighted by molar-refractivity contribution is 5.68. The Morgan fingerprint density at radius 3 is 2.73 bits per heavy atom. The molecule has 5 rings (SSSR count). The number of hydrogen-bond donors (Lipinski definition) is 1. The lowest BCUT2D eigenvalue weighted by Gasteiger charge is -2.50. The van der Waals surface area contributed by atoms with Crippen molar-refractivity contribution in [3.63, 3.8) is 0 Å². The van der Waals surface area contributed by atoms with Crippen molar-refractivity contribution >= 4 is 5.65 Å². The molecular formula is C19H20N10O. The van der Waals surface area contributed by atoms with Crippen LogP contribution >= 0.6 is 0 Å². The molecule has 0 amide bonds. The maximum atomic E-state index is 9.66. The van der Waals surface area contributed by atoms with Gasteiger partial charge in [-0.3, -0.25) is 19.0 Å². The predicted molar refractivity (Wildman–Crippen MR) is 106 cm³/mol. The first kappa shape index (κ1) is 18.4. The van der Waals surface area contributed by atoms with E-state index in [1.54, 1.807) is 35.3 Å². The van der Waals surface area contributed by atoms with Gasteiger partial charge in [0.15, 0.2) is 0 Å². The van der Waals surface area contributed by atoms with Gasteiger partial charge in [-0.2, -0.15) is 15.5 Å². The third-order valence-corrected chi connectivity index (χ3v) is 5.49. The summed E-state index contributed by atoms with van der Waals surface area (Å²) in [7, 11) is 3.43. The average Bonchev–Trinajstić information content (AvgIpc) is 3.43. The van der Waals surface area contributed by atoms with Crippen LogP contribution in [0.5, 0.6) is 0 Å². The van der Waals surface area contributed by atoms with Crippen molar-refractivity contribution in [3.8, 4) is 28.7 Å². The Balaban J connectivity index is 1.56. The number of fused-ring (bicyclic) bond motifs is 1. The maximum absolute atomic E-state index is 9.66. The number of aromatic nitrogens is 7. The molecule has 5 heterocycles. The highest BCUT2D eigenvalue weighted by atomic mass is 16.5. The van der Waals surface area contributed by atoms with Gasteiger partial charge in [-0.15, -0.1) is 5.17 Å². The molecule has 1 fully saturated rings.